The Morgan fingerprint density at radius 3 is 2.38 bits per heavy atom. The van der Waals surface area contributed by atoms with Crippen LogP contribution in [0.15, 0.2) is 18.2 Å². The average molecular weight is 452 g/mol. The molecule has 1 aromatic rings. The van der Waals surface area contributed by atoms with Crippen LogP contribution in [0.5, 0.6) is 5.75 Å². The minimum atomic E-state index is -1.67. The number of nitro benzene ring substituents is 2. The summed E-state index contributed by atoms with van der Waals surface area (Å²) in [4.78, 5) is 21.7. The zero-order valence-electron chi connectivity index (χ0n) is 7.92. The topological polar surface area (TPSA) is 95.5 Å². The van der Waals surface area contributed by atoms with E-state index in [4.69, 9.17) is 3.07 Å². The number of nitrogens with zero attached hydrogens (tertiary/aromatic N) is 2. The maximum atomic E-state index is 10.7. The van der Waals surface area contributed by atoms with Crippen molar-refractivity contribution in [3.63, 3.8) is 0 Å². The molecular weight excluding hydrogens is 446 g/mol. The van der Waals surface area contributed by atoms with E-state index in [1.165, 1.54) is 12.1 Å². The summed E-state index contributed by atoms with van der Waals surface area (Å²) in [6.45, 7) is 0. The van der Waals surface area contributed by atoms with Gasteiger partial charge in [0.1, 0.15) is 0 Å². The molecule has 0 amide bonds. The van der Waals surface area contributed by atoms with E-state index >= 15 is 0 Å². The number of alkyl halides is 1. The molecule has 0 aromatic heterocycles. The summed E-state index contributed by atoms with van der Waals surface area (Å²) in [5, 5.41) is 21.2. The van der Waals surface area contributed by atoms with Crippen molar-refractivity contribution in [2.75, 3.05) is 4.93 Å². The molecule has 0 spiro atoms. The van der Waals surface area contributed by atoms with Gasteiger partial charge in [0.05, 0.1) is 0 Å². The Balaban J connectivity index is 3.19. The molecule has 0 atom stereocenters. The molecule has 0 bridgehead atoms. The number of hydrogen-bond acceptors (Lipinski definition) is 5. The van der Waals surface area contributed by atoms with Gasteiger partial charge in [0.2, 0.25) is 0 Å². The van der Waals surface area contributed by atoms with E-state index in [0.29, 0.717) is 0 Å². The summed E-state index contributed by atoms with van der Waals surface area (Å²) >= 11 is 0.416. The number of non-ortho nitro benzene ring substituents is 1. The van der Waals surface area contributed by atoms with Crippen LogP contribution in [0.4, 0.5) is 11.4 Å². The van der Waals surface area contributed by atoms with Crippen LogP contribution in [0, 0.1) is 20.2 Å². The van der Waals surface area contributed by atoms with Crippen molar-refractivity contribution in [3.05, 3.63) is 38.4 Å². The molecule has 0 aliphatic heterocycles. The Labute approximate surface area is 108 Å². The fourth-order valence-electron chi connectivity index (χ4n) is 0.942. The van der Waals surface area contributed by atoms with Gasteiger partial charge >= 0.3 is 108 Å². The molecule has 0 unspecified atom stereocenters. The molecule has 9 heteroatoms. The van der Waals surface area contributed by atoms with Crippen LogP contribution < -0.4 is 3.07 Å². The van der Waals surface area contributed by atoms with E-state index in [1.807, 2.05) is 4.93 Å². The first-order chi connectivity index (χ1) is 7.41. The van der Waals surface area contributed by atoms with E-state index in [1.54, 1.807) is 0 Å². The molecule has 0 N–H and O–H groups in total. The quantitative estimate of drug-likeness (QED) is 0.303. The van der Waals surface area contributed by atoms with Crippen molar-refractivity contribution in [2.24, 2.45) is 0 Å². The summed E-state index contributed by atoms with van der Waals surface area (Å²) < 4.78 is 5.32. The molecule has 0 aliphatic carbocycles. The summed E-state index contributed by atoms with van der Waals surface area (Å²) in [5.74, 6) is 0.0951. The number of hydrogen-bond donors (Lipinski definition) is 0. The maximum absolute atomic E-state index is 10.7. The summed E-state index contributed by atoms with van der Waals surface area (Å²) in [7, 11) is 0. The molecule has 7 nitrogen and oxygen atoms in total. The van der Waals surface area contributed by atoms with Gasteiger partial charge < -0.3 is 0 Å². The summed E-state index contributed by atoms with van der Waals surface area (Å²) in [6, 6.07) is 3.37. The van der Waals surface area contributed by atoms with Crippen LogP contribution in [0.1, 0.15) is 0 Å². The molecule has 0 fully saturated rings. The van der Waals surface area contributed by atoms with E-state index in [-0.39, 0.29) is 17.1 Å². The first kappa shape index (κ1) is 13.3. The second-order valence-corrected chi connectivity index (χ2v) is 12.8. The SMILES string of the molecule is CI(I)Oc1ccc([N+](=O)[O-])cc1[N+](=O)[O-]. The fourth-order valence-corrected chi connectivity index (χ4v) is 3.17. The molecule has 0 heterocycles. The Hall–Kier alpha value is -0.720. The molecule has 1 aromatic carbocycles. The third-order valence-corrected chi connectivity index (χ3v) is 3.74. The van der Waals surface area contributed by atoms with Crippen molar-refractivity contribution < 1.29 is 12.9 Å². The molecule has 0 aliphatic rings. The predicted octanol–water partition coefficient (Wildman–Crippen LogP) is 3.28. The molecule has 16 heavy (non-hydrogen) atoms. The molecule has 88 valence electrons. The number of halogens is 2. The first-order valence-electron chi connectivity index (χ1n) is 3.79. The summed E-state index contributed by atoms with van der Waals surface area (Å²) in [6.07, 6.45) is 0. The second-order valence-electron chi connectivity index (χ2n) is 2.60. The van der Waals surface area contributed by atoms with Gasteiger partial charge in [-0.1, -0.05) is 0 Å². The van der Waals surface area contributed by atoms with Gasteiger partial charge in [0, 0.05) is 0 Å². The van der Waals surface area contributed by atoms with E-state index < -0.39 is 26.1 Å². The minimum absolute atomic E-state index is 0.0951. The molecule has 0 saturated carbocycles. The standard InChI is InChI=1S/C7H6I2N2O5/c1-9(8)16-7-3-2-5(10(12)13)4-6(7)11(14)15/h2-4H,1H3. The van der Waals surface area contributed by atoms with Crippen LogP contribution in [0.3, 0.4) is 0 Å². The van der Waals surface area contributed by atoms with Gasteiger partial charge in [-0.3, -0.25) is 0 Å². The van der Waals surface area contributed by atoms with Gasteiger partial charge in [-0.15, -0.1) is 0 Å². The van der Waals surface area contributed by atoms with Gasteiger partial charge in [0.15, 0.2) is 0 Å². The Bertz CT molecular complexity index is 437. The first-order valence-corrected chi connectivity index (χ1v) is 13.1. The van der Waals surface area contributed by atoms with Crippen molar-refractivity contribution in [2.45, 2.75) is 0 Å². The van der Waals surface area contributed by atoms with Crippen molar-refractivity contribution in [1.82, 2.24) is 0 Å². The normalized spacial score (nSPS) is 10.8. The molecule has 0 saturated heterocycles. The van der Waals surface area contributed by atoms with Gasteiger partial charge in [-0.25, -0.2) is 0 Å². The van der Waals surface area contributed by atoms with E-state index in [9.17, 15) is 20.2 Å². The molecular formula is C7H6I2N2O5. The Morgan fingerprint density at radius 2 is 1.94 bits per heavy atom. The third kappa shape index (κ3) is 3.40. The van der Waals surface area contributed by atoms with Crippen LogP contribution in [-0.2, 0) is 0 Å². The zero-order valence-corrected chi connectivity index (χ0v) is 12.2. The van der Waals surface area contributed by atoms with Gasteiger partial charge in [0.25, 0.3) is 0 Å². The van der Waals surface area contributed by atoms with Crippen molar-refractivity contribution >= 4 is 46.2 Å². The fraction of sp³-hybridized carbons (Fsp3) is 0.143. The van der Waals surface area contributed by atoms with Crippen molar-refractivity contribution in [1.29, 1.82) is 0 Å². The van der Waals surface area contributed by atoms with Crippen LogP contribution in [-0.4, -0.2) is 14.8 Å². The van der Waals surface area contributed by atoms with E-state index in [0.717, 1.165) is 6.07 Å². The number of benzene rings is 1. The van der Waals surface area contributed by atoms with Gasteiger partial charge in [-0.2, -0.15) is 0 Å². The molecule has 0 radical (unpaired) electrons. The average Bonchev–Trinajstić information content (AvgIpc) is 2.16. The van der Waals surface area contributed by atoms with Gasteiger partial charge in [-0.05, 0) is 0 Å². The number of nitro groups is 2. The number of rotatable bonds is 4. The Morgan fingerprint density at radius 1 is 1.31 bits per heavy atom. The summed E-state index contributed by atoms with van der Waals surface area (Å²) in [5.41, 5.74) is -0.682. The predicted molar refractivity (Wildman–Crippen MR) is 74.3 cm³/mol. The van der Waals surface area contributed by atoms with Crippen LogP contribution in [0.25, 0.3) is 0 Å². The third-order valence-electron chi connectivity index (χ3n) is 1.54. The second kappa shape index (κ2) is 5.56. The van der Waals surface area contributed by atoms with Crippen LogP contribution >= 0.6 is 34.9 Å². The Kier molecular flexibility index (Phi) is 4.64. The monoisotopic (exact) mass is 452 g/mol. The zero-order chi connectivity index (χ0) is 12.3. The van der Waals surface area contributed by atoms with Crippen molar-refractivity contribution in [3.8, 4) is 5.75 Å². The van der Waals surface area contributed by atoms with Crippen LogP contribution in [0.2, 0.25) is 0 Å². The van der Waals surface area contributed by atoms with E-state index in [2.05, 4.69) is 18.6 Å². The molecule has 1 rings (SSSR count).